The van der Waals surface area contributed by atoms with E-state index in [9.17, 15) is 18.8 Å². The van der Waals surface area contributed by atoms with Crippen LogP contribution in [0.3, 0.4) is 0 Å². The fourth-order valence-electron chi connectivity index (χ4n) is 3.96. The summed E-state index contributed by atoms with van der Waals surface area (Å²) in [6.45, 7) is 7.17. The van der Waals surface area contributed by atoms with Crippen molar-refractivity contribution in [2.75, 3.05) is 25.0 Å². The van der Waals surface area contributed by atoms with E-state index in [1.807, 2.05) is 25.7 Å². The Hall–Kier alpha value is -3.57. The zero-order valence-electron chi connectivity index (χ0n) is 19.6. The molecule has 11 heteroatoms. The molecule has 1 fully saturated rings. The molecule has 1 atom stereocenters. The average molecular weight is 500 g/mol. The standard InChI is InChI=1S/C24H26FN5O4S/c1-15(21(32)28-23-27-13-20(35-23)34-18-7-5-17(25)6-8-18)29-10-11-30(24(2,3)14-29)22(33)16-4-9-19(31)26-12-16/h4-9,12-13,15H,10-11,14H2,1-3H3,(H,26,31)(H,27,28,32)/t15-/m0/s1. The Morgan fingerprint density at radius 1 is 1.20 bits per heavy atom. The number of aromatic nitrogens is 2. The van der Waals surface area contributed by atoms with Crippen LogP contribution >= 0.6 is 11.3 Å². The van der Waals surface area contributed by atoms with Crippen molar-refractivity contribution in [2.24, 2.45) is 0 Å². The number of amides is 2. The molecule has 1 aliphatic heterocycles. The van der Waals surface area contributed by atoms with Crippen molar-refractivity contribution in [1.82, 2.24) is 19.8 Å². The quantitative estimate of drug-likeness (QED) is 0.539. The highest BCUT2D eigenvalue weighted by Crippen LogP contribution is 2.31. The topological polar surface area (TPSA) is 108 Å². The summed E-state index contributed by atoms with van der Waals surface area (Å²) in [5.41, 5.74) is -0.378. The first-order valence-electron chi connectivity index (χ1n) is 11.1. The lowest BCUT2D eigenvalue weighted by atomic mass is 9.96. The summed E-state index contributed by atoms with van der Waals surface area (Å²) in [4.78, 5) is 47.7. The van der Waals surface area contributed by atoms with E-state index in [1.54, 1.807) is 4.90 Å². The average Bonchev–Trinajstić information content (AvgIpc) is 3.26. The summed E-state index contributed by atoms with van der Waals surface area (Å²) in [5.74, 6) is -0.269. The number of rotatable bonds is 6. The van der Waals surface area contributed by atoms with Crippen LogP contribution in [-0.4, -0.2) is 62.8 Å². The van der Waals surface area contributed by atoms with Crippen molar-refractivity contribution in [2.45, 2.75) is 32.4 Å². The molecular formula is C24H26FN5O4S. The van der Waals surface area contributed by atoms with Crippen molar-refractivity contribution in [1.29, 1.82) is 0 Å². The molecule has 0 unspecified atom stereocenters. The fourth-order valence-corrected chi connectivity index (χ4v) is 4.65. The van der Waals surface area contributed by atoms with Gasteiger partial charge in [0.2, 0.25) is 16.5 Å². The molecule has 1 aliphatic rings. The van der Waals surface area contributed by atoms with E-state index < -0.39 is 11.6 Å². The summed E-state index contributed by atoms with van der Waals surface area (Å²) in [6.07, 6.45) is 2.92. The smallest absolute Gasteiger partial charge is 0.255 e. The third-order valence-corrected chi connectivity index (χ3v) is 6.67. The number of thiazole rings is 1. The van der Waals surface area contributed by atoms with Gasteiger partial charge in [-0.25, -0.2) is 9.37 Å². The highest BCUT2D eigenvalue weighted by atomic mass is 32.1. The molecule has 0 saturated carbocycles. The van der Waals surface area contributed by atoms with Gasteiger partial charge in [0.1, 0.15) is 11.6 Å². The van der Waals surface area contributed by atoms with Gasteiger partial charge >= 0.3 is 0 Å². The molecule has 2 N–H and O–H groups in total. The molecule has 3 heterocycles. The molecule has 3 aromatic rings. The number of nitrogens with zero attached hydrogens (tertiary/aromatic N) is 3. The number of aromatic amines is 1. The van der Waals surface area contributed by atoms with Gasteiger partial charge in [0.15, 0.2) is 5.13 Å². The lowest BCUT2D eigenvalue weighted by molar-refractivity contribution is -0.122. The van der Waals surface area contributed by atoms with Gasteiger partial charge in [0.25, 0.3) is 5.91 Å². The van der Waals surface area contributed by atoms with Gasteiger partial charge in [-0.3, -0.25) is 19.3 Å². The molecule has 35 heavy (non-hydrogen) atoms. The Bertz CT molecular complexity index is 1250. The Morgan fingerprint density at radius 3 is 2.60 bits per heavy atom. The first-order chi connectivity index (χ1) is 16.6. The van der Waals surface area contributed by atoms with Crippen molar-refractivity contribution >= 4 is 28.3 Å². The number of carbonyl (C=O) groups is 2. The van der Waals surface area contributed by atoms with E-state index in [2.05, 4.69) is 15.3 Å². The van der Waals surface area contributed by atoms with E-state index >= 15 is 0 Å². The Balaban J connectivity index is 1.35. The van der Waals surface area contributed by atoms with E-state index in [4.69, 9.17) is 4.74 Å². The maximum Gasteiger partial charge on any atom is 0.255 e. The second-order valence-corrected chi connectivity index (χ2v) is 9.88. The van der Waals surface area contributed by atoms with Crippen LogP contribution in [0.25, 0.3) is 0 Å². The normalized spacial score (nSPS) is 16.5. The first kappa shape index (κ1) is 24.6. The summed E-state index contributed by atoms with van der Waals surface area (Å²) in [5, 5.41) is 3.68. The molecule has 9 nitrogen and oxygen atoms in total. The third-order valence-electron chi connectivity index (χ3n) is 5.88. The number of anilines is 1. The van der Waals surface area contributed by atoms with Gasteiger partial charge in [-0.15, -0.1) is 0 Å². The SMILES string of the molecule is C[C@@H](C(=O)Nc1ncc(Oc2ccc(F)cc2)s1)N1CCN(C(=O)c2ccc(=O)[nH]c2)C(C)(C)C1. The lowest BCUT2D eigenvalue weighted by Crippen LogP contribution is -2.63. The van der Waals surface area contributed by atoms with Crippen LogP contribution in [0.5, 0.6) is 10.8 Å². The molecular weight excluding hydrogens is 473 g/mol. The predicted octanol–water partition coefficient (Wildman–Crippen LogP) is 3.33. The second kappa shape index (κ2) is 9.96. The molecule has 184 valence electrons. The molecule has 2 amide bonds. The van der Waals surface area contributed by atoms with Gasteiger partial charge < -0.3 is 19.9 Å². The minimum Gasteiger partial charge on any atom is -0.445 e. The molecule has 2 aromatic heterocycles. The van der Waals surface area contributed by atoms with Crippen LogP contribution in [0.1, 0.15) is 31.1 Å². The largest absolute Gasteiger partial charge is 0.445 e. The van der Waals surface area contributed by atoms with Crippen molar-refractivity contribution in [3.63, 3.8) is 0 Å². The summed E-state index contributed by atoms with van der Waals surface area (Å²) in [6, 6.07) is 8.02. The van der Waals surface area contributed by atoms with E-state index in [-0.39, 0.29) is 23.2 Å². The summed E-state index contributed by atoms with van der Waals surface area (Å²) < 4.78 is 18.7. The van der Waals surface area contributed by atoms with Gasteiger partial charge in [-0.05, 0) is 51.1 Å². The van der Waals surface area contributed by atoms with E-state index in [0.29, 0.717) is 41.1 Å². The summed E-state index contributed by atoms with van der Waals surface area (Å²) in [7, 11) is 0. The molecule has 1 aromatic carbocycles. The van der Waals surface area contributed by atoms with E-state index in [1.165, 1.54) is 60.1 Å². The van der Waals surface area contributed by atoms with Crippen molar-refractivity contribution < 1.29 is 18.7 Å². The van der Waals surface area contributed by atoms with Crippen LogP contribution < -0.4 is 15.6 Å². The van der Waals surface area contributed by atoms with Gasteiger partial charge in [-0.1, -0.05) is 11.3 Å². The number of hydrogen-bond donors (Lipinski definition) is 2. The second-order valence-electron chi connectivity index (χ2n) is 8.89. The molecule has 0 bridgehead atoms. The van der Waals surface area contributed by atoms with Crippen molar-refractivity contribution in [3.8, 4) is 10.8 Å². The monoisotopic (exact) mass is 499 g/mol. The van der Waals surface area contributed by atoms with Crippen LogP contribution in [0.2, 0.25) is 0 Å². The minimum atomic E-state index is -0.530. The van der Waals surface area contributed by atoms with Gasteiger partial charge in [0.05, 0.1) is 23.3 Å². The summed E-state index contributed by atoms with van der Waals surface area (Å²) >= 11 is 1.17. The van der Waals surface area contributed by atoms with Gasteiger partial charge in [0, 0.05) is 31.9 Å². The number of nitrogens with one attached hydrogen (secondary N) is 2. The first-order valence-corrected chi connectivity index (χ1v) is 11.9. The lowest BCUT2D eigenvalue weighted by Gasteiger charge is -2.48. The fraction of sp³-hybridized carbons (Fsp3) is 0.333. The maximum atomic E-state index is 13.1. The molecule has 0 radical (unpaired) electrons. The zero-order chi connectivity index (χ0) is 25.2. The Morgan fingerprint density at radius 2 is 1.94 bits per heavy atom. The number of ether oxygens (including phenoxy) is 1. The van der Waals surface area contributed by atoms with Crippen LogP contribution in [-0.2, 0) is 4.79 Å². The highest BCUT2D eigenvalue weighted by molar-refractivity contribution is 7.17. The number of H-pyrrole nitrogens is 1. The zero-order valence-corrected chi connectivity index (χ0v) is 20.4. The molecule has 0 spiro atoms. The molecule has 0 aliphatic carbocycles. The van der Waals surface area contributed by atoms with Crippen LogP contribution in [0.15, 0.2) is 53.6 Å². The van der Waals surface area contributed by atoms with Crippen LogP contribution in [0, 0.1) is 5.82 Å². The number of piperazine rings is 1. The Labute approximate surface area is 205 Å². The van der Waals surface area contributed by atoms with E-state index in [0.717, 1.165) is 0 Å². The highest BCUT2D eigenvalue weighted by Gasteiger charge is 2.39. The number of benzene rings is 1. The number of halogens is 1. The van der Waals surface area contributed by atoms with Crippen molar-refractivity contribution in [3.05, 3.63) is 70.5 Å². The maximum absolute atomic E-state index is 13.1. The minimum absolute atomic E-state index is 0.167. The Kier molecular flexibility index (Phi) is 6.99. The third kappa shape index (κ3) is 5.75. The molecule has 4 rings (SSSR count). The number of carbonyl (C=O) groups excluding carboxylic acids is 2. The van der Waals surface area contributed by atoms with Gasteiger partial charge in [-0.2, -0.15) is 0 Å². The number of pyridine rings is 1. The number of hydrogen-bond acceptors (Lipinski definition) is 7. The van der Waals surface area contributed by atoms with Crippen LogP contribution in [0.4, 0.5) is 9.52 Å². The predicted molar refractivity (Wildman–Crippen MR) is 130 cm³/mol. The molecule has 1 saturated heterocycles.